The van der Waals surface area contributed by atoms with Crippen molar-refractivity contribution in [3.05, 3.63) is 60.2 Å². The smallest absolute Gasteiger partial charge is 0.335 e. The largest absolute Gasteiger partial charge is 0.478 e. The molecule has 2 heterocycles. The summed E-state index contributed by atoms with van der Waals surface area (Å²) in [6.07, 6.45) is 3.25. The molecule has 0 atom stereocenters. The number of carbonyl (C=O) groups is 1. The summed E-state index contributed by atoms with van der Waals surface area (Å²) in [5.41, 5.74) is 8.34. The van der Waals surface area contributed by atoms with Crippen LogP contribution in [0.25, 0.3) is 33.5 Å². The minimum absolute atomic E-state index is 0.00127. The minimum Gasteiger partial charge on any atom is -0.478 e. The number of nitrogen functional groups attached to an aromatic ring is 1. The van der Waals surface area contributed by atoms with E-state index in [0.717, 1.165) is 22.7 Å². The predicted molar refractivity (Wildman–Crippen MR) is 113 cm³/mol. The first kappa shape index (κ1) is 19.5. The number of rotatable bonds is 3. The van der Waals surface area contributed by atoms with Gasteiger partial charge < -0.3 is 15.4 Å². The number of nitrogens with zero attached hydrogens (tertiary/aromatic N) is 4. The predicted octanol–water partition coefficient (Wildman–Crippen LogP) is 4.33. The van der Waals surface area contributed by atoms with Gasteiger partial charge in [-0.25, -0.2) is 24.1 Å². The van der Waals surface area contributed by atoms with Gasteiger partial charge in [0.1, 0.15) is 11.6 Å². The number of anilines is 1. The Hall–Kier alpha value is -3.81. The minimum atomic E-state index is -1.12. The molecule has 0 bridgehead atoms. The van der Waals surface area contributed by atoms with E-state index >= 15 is 0 Å². The number of nitrogens with two attached hydrogens (primary N) is 1. The molecule has 8 heteroatoms. The van der Waals surface area contributed by atoms with Gasteiger partial charge in [-0.05, 0) is 56.7 Å². The van der Waals surface area contributed by atoms with Gasteiger partial charge >= 0.3 is 5.97 Å². The highest BCUT2D eigenvalue weighted by molar-refractivity contribution is 5.90. The van der Waals surface area contributed by atoms with Gasteiger partial charge in [-0.2, -0.15) is 0 Å². The van der Waals surface area contributed by atoms with E-state index in [1.165, 1.54) is 12.1 Å². The van der Waals surface area contributed by atoms with Gasteiger partial charge in [-0.3, -0.25) is 0 Å². The molecule has 0 amide bonds. The number of fused-ring (bicyclic) bond motifs is 1. The summed E-state index contributed by atoms with van der Waals surface area (Å²) in [6.45, 7) is 5.95. The third-order valence-corrected chi connectivity index (χ3v) is 4.78. The SMILES string of the molecule is CC(C)(C)n1c(-c2cc(C(=O)O)ccc2F)nc2cc(-c3cnc(N)nc3)ccc21. The zero-order chi connectivity index (χ0) is 21.6. The van der Waals surface area contributed by atoms with Crippen LogP contribution in [0.5, 0.6) is 0 Å². The summed E-state index contributed by atoms with van der Waals surface area (Å²) in [6, 6.07) is 9.40. The number of aromatic carboxylic acids is 1. The second-order valence-electron chi connectivity index (χ2n) is 7.97. The van der Waals surface area contributed by atoms with E-state index in [1.54, 1.807) is 12.4 Å². The molecule has 0 aliphatic heterocycles. The van der Waals surface area contributed by atoms with Gasteiger partial charge in [0.15, 0.2) is 0 Å². The van der Waals surface area contributed by atoms with E-state index in [9.17, 15) is 14.3 Å². The van der Waals surface area contributed by atoms with Crippen LogP contribution in [0.3, 0.4) is 0 Å². The Kier molecular flexibility index (Phi) is 4.49. The maximum absolute atomic E-state index is 14.7. The first-order chi connectivity index (χ1) is 14.1. The molecule has 2 aromatic carbocycles. The molecule has 0 aliphatic carbocycles. The number of benzene rings is 2. The van der Waals surface area contributed by atoms with Gasteiger partial charge in [0.25, 0.3) is 0 Å². The Labute approximate surface area is 172 Å². The Morgan fingerprint density at radius 3 is 2.40 bits per heavy atom. The van der Waals surface area contributed by atoms with Crippen LogP contribution >= 0.6 is 0 Å². The third-order valence-electron chi connectivity index (χ3n) is 4.78. The van der Waals surface area contributed by atoms with Crippen molar-refractivity contribution in [1.29, 1.82) is 0 Å². The molecule has 152 valence electrons. The summed E-state index contributed by atoms with van der Waals surface area (Å²) < 4.78 is 16.6. The van der Waals surface area contributed by atoms with Gasteiger partial charge in [-0.1, -0.05) is 6.07 Å². The molecule has 0 spiro atoms. The van der Waals surface area contributed by atoms with Crippen molar-refractivity contribution in [1.82, 2.24) is 19.5 Å². The van der Waals surface area contributed by atoms with Crippen LogP contribution in [0.15, 0.2) is 48.8 Å². The topological polar surface area (TPSA) is 107 Å². The van der Waals surface area contributed by atoms with E-state index in [-0.39, 0.29) is 17.1 Å². The monoisotopic (exact) mass is 405 g/mol. The first-order valence-electron chi connectivity index (χ1n) is 9.29. The summed E-state index contributed by atoms with van der Waals surface area (Å²) in [7, 11) is 0. The molecule has 4 rings (SSSR count). The van der Waals surface area contributed by atoms with Gasteiger partial charge in [0, 0.05) is 23.5 Å². The number of imidazole rings is 1. The molecular weight excluding hydrogens is 385 g/mol. The lowest BCUT2D eigenvalue weighted by Crippen LogP contribution is -2.23. The highest BCUT2D eigenvalue weighted by Crippen LogP contribution is 2.34. The lowest BCUT2D eigenvalue weighted by Gasteiger charge is -2.25. The second-order valence-corrected chi connectivity index (χ2v) is 7.97. The van der Waals surface area contributed by atoms with Crippen LogP contribution in [-0.2, 0) is 5.54 Å². The number of hydrogen-bond donors (Lipinski definition) is 2. The van der Waals surface area contributed by atoms with Crippen molar-refractivity contribution in [3.8, 4) is 22.5 Å². The van der Waals surface area contributed by atoms with E-state index < -0.39 is 17.3 Å². The number of carboxylic acids is 1. The third kappa shape index (κ3) is 3.36. The number of halogens is 1. The van der Waals surface area contributed by atoms with Crippen LogP contribution in [0.2, 0.25) is 0 Å². The summed E-state index contributed by atoms with van der Waals surface area (Å²) in [4.78, 5) is 24.1. The van der Waals surface area contributed by atoms with Crippen LogP contribution in [0.4, 0.5) is 10.3 Å². The van der Waals surface area contributed by atoms with Crippen LogP contribution in [0.1, 0.15) is 31.1 Å². The Morgan fingerprint density at radius 2 is 1.77 bits per heavy atom. The lowest BCUT2D eigenvalue weighted by atomic mass is 10.0. The summed E-state index contributed by atoms with van der Waals surface area (Å²) >= 11 is 0. The van der Waals surface area contributed by atoms with Crippen molar-refractivity contribution in [3.63, 3.8) is 0 Å². The molecule has 2 aromatic heterocycles. The fourth-order valence-electron chi connectivity index (χ4n) is 3.44. The molecule has 30 heavy (non-hydrogen) atoms. The van der Waals surface area contributed by atoms with Gasteiger partial charge in [0.2, 0.25) is 5.95 Å². The van der Waals surface area contributed by atoms with E-state index in [2.05, 4.69) is 15.0 Å². The second kappa shape index (κ2) is 6.91. The molecule has 0 aliphatic rings. The van der Waals surface area contributed by atoms with E-state index in [4.69, 9.17) is 5.73 Å². The molecule has 0 unspecified atom stereocenters. The zero-order valence-corrected chi connectivity index (χ0v) is 16.7. The molecular formula is C22H20FN5O2. The molecule has 0 saturated heterocycles. The lowest BCUT2D eigenvalue weighted by molar-refractivity contribution is 0.0697. The quantitative estimate of drug-likeness (QED) is 0.525. The number of aromatic nitrogens is 4. The number of hydrogen-bond acceptors (Lipinski definition) is 5. The van der Waals surface area contributed by atoms with Crippen molar-refractivity contribution in [2.75, 3.05) is 5.73 Å². The Bertz CT molecular complexity index is 1270. The van der Waals surface area contributed by atoms with Crippen molar-refractivity contribution >= 4 is 23.0 Å². The van der Waals surface area contributed by atoms with Crippen LogP contribution in [0, 0.1) is 5.82 Å². The van der Waals surface area contributed by atoms with Gasteiger partial charge in [0.05, 0.1) is 22.2 Å². The Morgan fingerprint density at radius 1 is 1.07 bits per heavy atom. The Balaban J connectivity index is 1.97. The highest BCUT2D eigenvalue weighted by Gasteiger charge is 2.25. The maximum Gasteiger partial charge on any atom is 0.335 e. The van der Waals surface area contributed by atoms with E-state index in [0.29, 0.717) is 11.3 Å². The first-order valence-corrected chi connectivity index (χ1v) is 9.29. The van der Waals surface area contributed by atoms with E-state index in [1.807, 2.05) is 43.5 Å². The summed E-state index contributed by atoms with van der Waals surface area (Å²) in [5.74, 6) is -1.11. The standard InChI is InChI=1S/C22H20FN5O2/c1-22(2,3)28-18-7-5-12(14-10-25-21(24)26-11-14)9-17(18)27-19(28)15-8-13(20(29)30)4-6-16(15)23/h4-11H,1-3H3,(H,29,30)(H2,24,25,26). The fraction of sp³-hybridized carbons (Fsp3) is 0.182. The van der Waals surface area contributed by atoms with Crippen molar-refractivity contribution in [2.24, 2.45) is 0 Å². The average Bonchev–Trinajstić information content (AvgIpc) is 3.07. The summed E-state index contributed by atoms with van der Waals surface area (Å²) in [5, 5.41) is 9.33. The number of carboxylic acid groups (broad SMARTS) is 1. The average molecular weight is 405 g/mol. The van der Waals surface area contributed by atoms with Crippen LogP contribution in [-0.4, -0.2) is 30.6 Å². The highest BCUT2D eigenvalue weighted by atomic mass is 19.1. The normalized spacial score (nSPS) is 11.7. The molecule has 4 aromatic rings. The molecule has 3 N–H and O–H groups in total. The molecule has 0 saturated carbocycles. The fourth-order valence-corrected chi connectivity index (χ4v) is 3.44. The molecule has 0 radical (unpaired) electrons. The van der Waals surface area contributed by atoms with Crippen LogP contribution < -0.4 is 5.73 Å². The zero-order valence-electron chi connectivity index (χ0n) is 16.7. The molecule has 7 nitrogen and oxygen atoms in total. The van der Waals surface area contributed by atoms with Crippen molar-refractivity contribution in [2.45, 2.75) is 26.3 Å². The maximum atomic E-state index is 14.7. The van der Waals surface area contributed by atoms with Crippen molar-refractivity contribution < 1.29 is 14.3 Å². The molecule has 0 fully saturated rings. The van der Waals surface area contributed by atoms with Gasteiger partial charge in [-0.15, -0.1) is 0 Å².